The van der Waals surface area contributed by atoms with E-state index in [1.807, 2.05) is 7.05 Å². The van der Waals surface area contributed by atoms with Gasteiger partial charge in [0.2, 0.25) is 0 Å². The number of halogens is 1. The number of hydrogen-bond acceptors (Lipinski definition) is 2. The van der Waals surface area contributed by atoms with Gasteiger partial charge in [0.05, 0.1) is 0 Å². The smallest absolute Gasteiger partial charge is 0.251 e. The molecule has 1 unspecified atom stereocenters. The summed E-state index contributed by atoms with van der Waals surface area (Å²) in [4.78, 5) is 13.9. The third-order valence-corrected chi connectivity index (χ3v) is 3.20. The van der Waals surface area contributed by atoms with Gasteiger partial charge in [0.15, 0.2) is 0 Å². The Morgan fingerprint density at radius 3 is 2.56 bits per heavy atom. The summed E-state index contributed by atoms with van der Waals surface area (Å²) in [5.74, 6) is -0.490. The van der Waals surface area contributed by atoms with Gasteiger partial charge in [-0.2, -0.15) is 0 Å². The fourth-order valence-corrected chi connectivity index (χ4v) is 1.58. The summed E-state index contributed by atoms with van der Waals surface area (Å²) in [5.41, 5.74) is 0.489. The Labute approximate surface area is 108 Å². The number of rotatable bonds is 6. The maximum atomic E-state index is 12.7. The zero-order valence-electron chi connectivity index (χ0n) is 11.2. The van der Waals surface area contributed by atoms with E-state index in [0.717, 1.165) is 13.0 Å². The number of nitrogens with zero attached hydrogens (tertiary/aromatic N) is 1. The highest BCUT2D eigenvalue weighted by atomic mass is 19.1. The Balaban J connectivity index is 2.35. The predicted octanol–water partition coefficient (Wildman–Crippen LogP) is 2.29. The highest BCUT2D eigenvalue weighted by molar-refractivity contribution is 5.94. The molecule has 0 spiro atoms. The van der Waals surface area contributed by atoms with Gasteiger partial charge in [-0.3, -0.25) is 4.79 Å². The van der Waals surface area contributed by atoms with Crippen molar-refractivity contribution >= 4 is 5.91 Å². The largest absolute Gasteiger partial charge is 0.351 e. The Hall–Kier alpha value is -1.42. The second-order valence-electron chi connectivity index (χ2n) is 4.50. The lowest BCUT2D eigenvalue weighted by Crippen LogP contribution is -2.37. The highest BCUT2D eigenvalue weighted by Crippen LogP contribution is 2.02. The number of amides is 1. The first-order chi connectivity index (χ1) is 8.54. The van der Waals surface area contributed by atoms with Crippen molar-refractivity contribution in [2.45, 2.75) is 26.3 Å². The summed E-state index contributed by atoms with van der Waals surface area (Å²) in [6.45, 7) is 5.69. The molecule has 0 aliphatic heterocycles. The minimum absolute atomic E-state index is 0.160. The maximum absolute atomic E-state index is 12.7. The molecule has 3 nitrogen and oxygen atoms in total. The van der Waals surface area contributed by atoms with Crippen molar-refractivity contribution in [2.75, 3.05) is 20.1 Å². The molecule has 4 heteroatoms. The topological polar surface area (TPSA) is 32.3 Å². The van der Waals surface area contributed by atoms with E-state index in [-0.39, 0.29) is 11.7 Å². The maximum Gasteiger partial charge on any atom is 0.251 e. The van der Waals surface area contributed by atoms with Crippen LogP contribution in [-0.4, -0.2) is 37.0 Å². The summed E-state index contributed by atoms with van der Waals surface area (Å²) in [5, 5.41) is 2.83. The lowest BCUT2D eigenvalue weighted by molar-refractivity contribution is 0.0947. The van der Waals surface area contributed by atoms with Gasteiger partial charge in [-0.1, -0.05) is 6.92 Å². The minimum atomic E-state index is -0.331. The van der Waals surface area contributed by atoms with Gasteiger partial charge in [0.1, 0.15) is 5.82 Å². The van der Waals surface area contributed by atoms with Crippen LogP contribution in [0, 0.1) is 5.82 Å². The van der Waals surface area contributed by atoms with E-state index >= 15 is 0 Å². The van der Waals surface area contributed by atoms with Gasteiger partial charge in [-0.15, -0.1) is 0 Å². The predicted molar refractivity (Wildman–Crippen MR) is 71.1 cm³/mol. The minimum Gasteiger partial charge on any atom is -0.351 e. The summed E-state index contributed by atoms with van der Waals surface area (Å²) < 4.78 is 12.7. The van der Waals surface area contributed by atoms with E-state index in [1.165, 1.54) is 24.3 Å². The van der Waals surface area contributed by atoms with Crippen LogP contribution in [0.2, 0.25) is 0 Å². The van der Waals surface area contributed by atoms with Crippen LogP contribution in [0.4, 0.5) is 4.39 Å². The molecule has 1 aromatic rings. The molecule has 1 N–H and O–H groups in total. The van der Waals surface area contributed by atoms with E-state index in [2.05, 4.69) is 24.1 Å². The number of likely N-dealkylation sites (N-methyl/N-ethyl adjacent to an activating group) is 1. The number of nitrogens with one attached hydrogen (secondary N) is 1. The van der Waals surface area contributed by atoms with E-state index in [9.17, 15) is 9.18 Å². The number of hydrogen-bond donors (Lipinski definition) is 1. The van der Waals surface area contributed by atoms with Crippen molar-refractivity contribution in [1.82, 2.24) is 10.2 Å². The van der Waals surface area contributed by atoms with E-state index in [1.54, 1.807) is 0 Å². The van der Waals surface area contributed by atoms with Gasteiger partial charge in [0, 0.05) is 24.7 Å². The first-order valence-electron chi connectivity index (χ1n) is 6.28. The summed E-state index contributed by atoms with van der Waals surface area (Å²) in [7, 11) is 2.04. The van der Waals surface area contributed by atoms with Crippen molar-refractivity contribution < 1.29 is 9.18 Å². The number of carbonyl (C=O) groups excluding carboxylic acids is 1. The monoisotopic (exact) mass is 252 g/mol. The van der Waals surface area contributed by atoms with Gasteiger partial charge in [0.25, 0.3) is 5.91 Å². The molecule has 1 aromatic carbocycles. The van der Waals surface area contributed by atoms with Crippen molar-refractivity contribution in [3.8, 4) is 0 Å². The summed E-state index contributed by atoms with van der Waals surface area (Å²) >= 11 is 0. The second-order valence-corrected chi connectivity index (χ2v) is 4.50. The first-order valence-corrected chi connectivity index (χ1v) is 6.28. The van der Waals surface area contributed by atoms with Crippen molar-refractivity contribution in [3.63, 3.8) is 0 Å². The Bertz CT molecular complexity index is 378. The molecule has 18 heavy (non-hydrogen) atoms. The Morgan fingerprint density at radius 1 is 1.39 bits per heavy atom. The second kappa shape index (κ2) is 7.11. The SMILES string of the molecule is CCC(C)N(C)CCNC(=O)c1ccc(F)cc1. The van der Waals surface area contributed by atoms with Gasteiger partial charge < -0.3 is 10.2 Å². The van der Waals surface area contributed by atoms with Crippen LogP contribution in [-0.2, 0) is 0 Å². The van der Waals surface area contributed by atoms with E-state index in [4.69, 9.17) is 0 Å². The van der Waals surface area contributed by atoms with Gasteiger partial charge in [-0.05, 0) is 44.7 Å². The Morgan fingerprint density at radius 2 is 2.00 bits per heavy atom. The standard InChI is InChI=1S/C14H21FN2O/c1-4-11(2)17(3)10-9-16-14(18)12-5-7-13(15)8-6-12/h5-8,11H,4,9-10H2,1-3H3,(H,16,18). The summed E-state index contributed by atoms with van der Waals surface area (Å²) in [6, 6.07) is 6.07. The zero-order valence-corrected chi connectivity index (χ0v) is 11.2. The molecule has 0 aliphatic rings. The molecule has 0 saturated heterocycles. The molecule has 0 aliphatic carbocycles. The highest BCUT2D eigenvalue weighted by Gasteiger charge is 2.08. The molecular formula is C14H21FN2O. The van der Waals surface area contributed by atoms with Crippen molar-refractivity contribution in [1.29, 1.82) is 0 Å². The molecule has 0 bridgehead atoms. The van der Waals surface area contributed by atoms with Gasteiger partial charge >= 0.3 is 0 Å². The Kier molecular flexibility index (Phi) is 5.78. The molecule has 0 saturated carbocycles. The molecule has 1 amide bonds. The molecule has 0 radical (unpaired) electrons. The van der Waals surface area contributed by atoms with Crippen LogP contribution in [0.3, 0.4) is 0 Å². The van der Waals surface area contributed by atoms with Crippen LogP contribution in [0.5, 0.6) is 0 Å². The van der Waals surface area contributed by atoms with Crippen molar-refractivity contribution in [3.05, 3.63) is 35.6 Å². The first kappa shape index (κ1) is 14.6. The molecule has 100 valence electrons. The lowest BCUT2D eigenvalue weighted by Gasteiger charge is -2.23. The number of carbonyl (C=O) groups is 1. The van der Waals surface area contributed by atoms with Crippen molar-refractivity contribution in [2.24, 2.45) is 0 Å². The fraction of sp³-hybridized carbons (Fsp3) is 0.500. The molecule has 0 heterocycles. The van der Waals surface area contributed by atoms with Crippen LogP contribution >= 0.6 is 0 Å². The van der Waals surface area contributed by atoms with Crippen LogP contribution in [0.25, 0.3) is 0 Å². The van der Waals surface area contributed by atoms with E-state index < -0.39 is 0 Å². The van der Waals surface area contributed by atoms with Crippen LogP contribution in [0.15, 0.2) is 24.3 Å². The molecule has 0 fully saturated rings. The van der Waals surface area contributed by atoms with Gasteiger partial charge in [-0.25, -0.2) is 4.39 Å². The molecule has 1 rings (SSSR count). The molecule has 1 atom stereocenters. The average molecular weight is 252 g/mol. The normalized spacial score (nSPS) is 12.5. The zero-order chi connectivity index (χ0) is 13.5. The van der Waals surface area contributed by atoms with E-state index in [0.29, 0.717) is 18.2 Å². The molecule has 0 aromatic heterocycles. The fourth-order valence-electron chi connectivity index (χ4n) is 1.58. The third kappa shape index (κ3) is 4.45. The number of benzene rings is 1. The third-order valence-electron chi connectivity index (χ3n) is 3.20. The van der Waals surface area contributed by atoms with Crippen LogP contribution in [0.1, 0.15) is 30.6 Å². The lowest BCUT2D eigenvalue weighted by atomic mass is 10.2. The van der Waals surface area contributed by atoms with Crippen LogP contribution < -0.4 is 5.32 Å². The quantitative estimate of drug-likeness (QED) is 0.842. The summed E-state index contributed by atoms with van der Waals surface area (Å²) in [6.07, 6.45) is 1.09. The molecular weight excluding hydrogens is 231 g/mol. The average Bonchev–Trinajstić information content (AvgIpc) is 2.38.